The molecule has 2 N–H and O–H groups in total. The molecule has 0 bridgehead atoms. The summed E-state index contributed by atoms with van der Waals surface area (Å²) in [6.07, 6.45) is 1.52. The summed E-state index contributed by atoms with van der Waals surface area (Å²) in [5, 5.41) is 23.9. The van der Waals surface area contributed by atoms with Crippen LogP contribution in [0.5, 0.6) is 5.75 Å². The van der Waals surface area contributed by atoms with Crippen LogP contribution in [0.2, 0.25) is 0 Å². The number of rotatable bonds is 9. The van der Waals surface area contributed by atoms with Gasteiger partial charge in [0, 0.05) is 25.8 Å². The van der Waals surface area contributed by atoms with Crippen molar-refractivity contribution < 1.29 is 19.5 Å². The lowest BCUT2D eigenvalue weighted by Crippen LogP contribution is -2.23. The van der Waals surface area contributed by atoms with Crippen molar-refractivity contribution in [2.24, 2.45) is 0 Å². The Kier molecular flexibility index (Phi) is 5.49. The zero-order chi connectivity index (χ0) is 15.2. The zero-order valence-electron chi connectivity index (χ0n) is 11.9. The number of ether oxygens (including phenoxy) is 2. The summed E-state index contributed by atoms with van der Waals surface area (Å²) in [6.45, 7) is 0.684. The summed E-state index contributed by atoms with van der Waals surface area (Å²) in [6, 6.07) is 5.42. The van der Waals surface area contributed by atoms with Crippen molar-refractivity contribution in [3.63, 3.8) is 0 Å². The zero-order valence-corrected chi connectivity index (χ0v) is 11.9. The third-order valence-electron chi connectivity index (χ3n) is 3.18. The Labute approximate surface area is 123 Å². The predicted molar refractivity (Wildman–Crippen MR) is 76.3 cm³/mol. The van der Waals surface area contributed by atoms with Gasteiger partial charge >= 0.3 is 5.69 Å². The van der Waals surface area contributed by atoms with Crippen LogP contribution in [0.4, 0.5) is 5.69 Å². The molecule has 0 heterocycles. The molecule has 0 aromatic heterocycles. The van der Waals surface area contributed by atoms with Crippen LogP contribution >= 0.6 is 0 Å². The first-order chi connectivity index (χ1) is 10.1. The second-order valence-electron chi connectivity index (χ2n) is 5.13. The first kappa shape index (κ1) is 15.7. The third kappa shape index (κ3) is 4.96. The SMILES string of the molecule is COCC(O)COc1ccc(CNC2CC2)cc1[N+](=O)[O-]. The van der Waals surface area contributed by atoms with E-state index in [4.69, 9.17) is 9.47 Å². The van der Waals surface area contributed by atoms with Crippen molar-refractivity contribution in [2.75, 3.05) is 20.3 Å². The molecule has 0 radical (unpaired) electrons. The van der Waals surface area contributed by atoms with Crippen LogP contribution in [0.25, 0.3) is 0 Å². The average Bonchev–Trinajstić information content (AvgIpc) is 3.27. The van der Waals surface area contributed by atoms with Crippen molar-refractivity contribution >= 4 is 5.69 Å². The smallest absolute Gasteiger partial charge is 0.311 e. The Bertz CT molecular complexity index is 490. The molecule has 116 valence electrons. The van der Waals surface area contributed by atoms with Crippen molar-refractivity contribution in [3.8, 4) is 5.75 Å². The average molecular weight is 296 g/mol. The van der Waals surface area contributed by atoms with E-state index in [-0.39, 0.29) is 24.7 Å². The van der Waals surface area contributed by atoms with E-state index >= 15 is 0 Å². The van der Waals surface area contributed by atoms with Gasteiger partial charge in [-0.3, -0.25) is 10.1 Å². The van der Waals surface area contributed by atoms with E-state index in [9.17, 15) is 15.2 Å². The molecule has 1 fully saturated rings. The van der Waals surface area contributed by atoms with Gasteiger partial charge in [-0.2, -0.15) is 0 Å². The standard InChI is InChI=1S/C14H20N2O5/c1-20-8-12(17)9-21-14-5-2-10(6-13(14)16(18)19)7-15-11-3-4-11/h2,5-6,11-12,15,17H,3-4,7-9H2,1H3. The highest BCUT2D eigenvalue weighted by Crippen LogP contribution is 2.28. The summed E-state index contributed by atoms with van der Waals surface area (Å²) in [4.78, 5) is 10.6. The first-order valence-corrected chi connectivity index (χ1v) is 6.90. The summed E-state index contributed by atoms with van der Waals surface area (Å²) in [7, 11) is 1.47. The molecule has 1 saturated carbocycles. The first-order valence-electron chi connectivity index (χ1n) is 6.90. The number of methoxy groups -OCH3 is 1. The quantitative estimate of drug-likeness (QED) is 0.526. The number of nitro groups is 1. The molecule has 0 saturated heterocycles. The highest BCUT2D eigenvalue weighted by atomic mass is 16.6. The Hall–Kier alpha value is -1.70. The maximum atomic E-state index is 11.1. The van der Waals surface area contributed by atoms with Crippen molar-refractivity contribution in [3.05, 3.63) is 33.9 Å². The lowest BCUT2D eigenvalue weighted by atomic mass is 10.2. The van der Waals surface area contributed by atoms with Crippen molar-refractivity contribution in [1.29, 1.82) is 0 Å². The van der Waals surface area contributed by atoms with E-state index in [0.717, 1.165) is 5.56 Å². The lowest BCUT2D eigenvalue weighted by molar-refractivity contribution is -0.386. The molecule has 0 amide bonds. The fourth-order valence-electron chi connectivity index (χ4n) is 1.91. The molecular weight excluding hydrogens is 276 g/mol. The lowest BCUT2D eigenvalue weighted by Gasteiger charge is -2.12. The third-order valence-corrected chi connectivity index (χ3v) is 3.18. The fraction of sp³-hybridized carbons (Fsp3) is 0.571. The number of nitro benzene ring substituents is 1. The number of benzene rings is 1. The van der Waals surface area contributed by atoms with Crippen molar-refractivity contribution in [1.82, 2.24) is 5.32 Å². The molecule has 7 nitrogen and oxygen atoms in total. The maximum absolute atomic E-state index is 11.1. The maximum Gasteiger partial charge on any atom is 0.311 e. The van der Waals surface area contributed by atoms with Gasteiger partial charge in [0.2, 0.25) is 0 Å². The van der Waals surface area contributed by atoms with Gasteiger partial charge in [-0.25, -0.2) is 0 Å². The fourth-order valence-corrected chi connectivity index (χ4v) is 1.91. The van der Waals surface area contributed by atoms with Gasteiger partial charge in [0.1, 0.15) is 12.7 Å². The minimum absolute atomic E-state index is 0.0473. The van der Waals surface area contributed by atoms with Crippen LogP contribution in [0.15, 0.2) is 18.2 Å². The topological polar surface area (TPSA) is 93.9 Å². The van der Waals surface area contributed by atoms with E-state index < -0.39 is 11.0 Å². The number of nitrogens with zero attached hydrogens (tertiary/aromatic N) is 1. The minimum atomic E-state index is -0.814. The van der Waals surface area contributed by atoms with Crippen LogP contribution in [0, 0.1) is 10.1 Å². The molecule has 1 aliphatic carbocycles. The van der Waals surface area contributed by atoms with Gasteiger partial charge in [-0.05, 0) is 24.5 Å². The van der Waals surface area contributed by atoms with Crippen LogP contribution in [0.1, 0.15) is 18.4 Å². The van der Waals surface area contributed by atoms with Crippen LogP contribution in [-0.2, 0) is 11.3 Å². The Balaban J connectivity index is 1.99. The molecule has 1 aliphatic rings. The summed E-state index contributed by atoms with van der Waals surface area (Å²) in [5.41, 5.74) is 0.758. The van der Waals surface area contributed by atoms with Crippen LogP contribution in [-0.4, -0.2) is 42.5 Å². The van der Waals surface area contributed by atoms with Gasteiger partial charge in [0.25, 0.3) is 0 Å². The van der Waals surface area contributed by atoms with Gasteiger partial charge in [-0.1, -0.05) is 6.07 Å². The predicted octanol–water partition coefficient (Wildman–Crippen LogP) is 1.23. The molecule has 2 rings (SSSR count). The number of hydrogen-bond donors (Lipinski definition) is 2. The molecule has 0 aliphatic heterocycles. The number of nitrogens with one attached hydrogen (secondary N) is 1. The molecule has 7 heteroatoms. The monoisotopic (exact) mass is 296 g/mol. The Morgan fingerprint density at radius 1 is 1.48 bits per heavy atom. The summed E-state index contributed by atoms with van der Waals surface area (Å²) >= 11 is 0. The Morgan fingerprint density at radius 3 is 2.86 bits per heavy atom. The van der Waals surface area contributed by atoms with E-state index in [1.807, 2.05) is 0 Å². The van der Waals surface area contributed by atoms with Gasteiger partial charge in [-0.15, -0.1) is 0 Å². The number of hydrogen-bond acceptors (Lipinski definition) is 6. The molecule has 1 atom stereocenters. The molecule has 1 unspecified atom stereocenters. The molecule has 21 heavy (non-hydrogen) atoms. The van der Waals surface area contributed by atoms with Crippen molar-refractivity contribution in [2.45, 2.75) is 31.5 Å². The summed E-state index contributed by atoms with van der Waals surface area (Å²) in [5.74, 6) is 0.158. The van der Waals surface area contributed by atoms with Gasteiger partial charge in [0.05, 0.1) is 11.5 Å². The molecular formula is C14H20N2O5. The normalized spacial score (nSPS) is 15.7. The minimum Gasteiger partial charge on any atom is -0.484 e. The van der Waals surface area contributed by atoms with Crippen LogP contribution in [0.3, 0.4) is 0 Å². The summed E-state index contributed by atoms with van der Waals surface area (Å²) < 4.78 is 10.1. The second-order valence-corrected chi connectivity index (χ2v) is 5.13. The highest BCUT2D eigenvalue weighted by molar-refractivity contribution is 5.48. The van der Waals surface area contributed by atoms with Crippen LogP contribution < -0.4 is 10.1 Å². The van der Waals surface area contributed by atoms with Gasteiger partial charge in [0.15, 0.2) is 5.75 Å². The highest BCUT2D eigenvalue weighted by Gasteiger charge is 2.21. The Morgan fingerprint density at radius 2 is 2.24 bits per heavy atom. The van der Waals surface area contributed by atoms with E-state index in [1.165, 1.54) is 26.0 Å². The van der Waals surface area contributed by atoms with E-state index in [0.29, 0.717) is 12.6 Å². The second kappa shape index (κ2) is 7.35. The molecule has 1 aromatic rings. The molecule has 1 aromatic carbocycles. The largest absolute Gasteiger partial charge is 0.484 e. The number of aliphatic hydroxyl groups excluding tert-OH is 1. The number of aliphatic hydroxyl groups is 1. The molecule has 0 spiro atoms. The van der Waals surface area contributed by atoms with E-state index in [2.05, 4.69) is 5.32 Å². The van der Waals surface area contributed by atoms with E-state index in [1.54, 1.807) is 12.1 Å². The van der Waals surface area contributed by atoms with Gasteiger partial charge < -0.3 is 19.9 Å².